The first-order chi connectivity index (χ1) is 14.6. The molecule has 0 bridgehead atoms. The number of anilines is 1. The number of thioether (sulfide) groups is 1. The first-order valence-corrected chi connectivity index (χ1v) is 11.6. The molecule has 2 aliphatic rings. The van der Waals surface area contributed by atoms with Gasteiger partial charge in [-0.15, -0.1) is 0 Å². The molecule has 0 radical (unpaired) electrons. The van der Waals surface area contributed by atoms with Crippen molar-refractivity contribution in [1.82, 2.24) is 19.7 Å². The minimum atomic E-state index is -0.780. The molecule has 8 nitrogen and oxygen atoms in total. The molecule has 158 valence electrons. The fourth-order valence-corrected chi connectivity index (χ4v) is 4.83. The fraction of sp³-hybridized carbons (Fsp3) is 0.476. The van der Waals surface area contributed by atoms with E-state index in [4.69, 9.17) is 0 Å². The summed E-state index contributed by atoms with van der Waals surface area (Å²) in [4.78, 5) is 44.3. The highest BCUT2D eigenvalue weighted by Gasteiger charge is 2.51. The number of aromatic nitrogens is 3. The van der Waals surface area contributed by atoms with Crippen molar-refractivity contribution < 1.29 is 14.4 Å². The van der Waals surface area contributed by atoms with E-state index in [1.54, 1.807) is 34.9 Å². The van der Waals surface area contributed by atoms with Crippen LogP contribution in [0.1, 0.15) is 32.1 Å². The van der Waals surface area contributed by atoms with Crippen molar-refractivity contribution in [3.05, 3.63) is 36.9 Å². The highest BCUT2D eigenvalue weighted by Crippen LogP contribution is 2.39. The monoisotopic (exact) mass is 427 g/mol. The quantitative estimate of drug-likeness (QED) is 0.682. The molecule has 3 amide bonds. The van der Waals surface area contributed by atoms with Gasteiger partial charge in [-0.25, -0.2) is 9.67 Å². The molecular weight excluding hydrogens is 402 g/mol. The fourth-order valence-electron chi connectivity index (χ4n) is 4.37. The second-order valence-corrected chi connectivity index (χ2v) is 8.70. The molecule has 1 aliphatic heterocycles. The number of nitrogens with one attached hydrogen (secondary N) is 1. The van der Waals surface area contributed by atoms with E-state index in [9.17, 15) is 14.4 Å². The molecule has 2 heterocycles. The highest BCUT2D eigenvalue weighted by molar-refractivity contribution is 7.98. The summed E-state index contributed by atoms with van der Waals surface area (Å²) in [5.74, 6) is -0.483. The zero-order valence-electron chi connectivity index (χ0n) is 16.9. The third-order valence-corrected chi connectivity index (χ3v) is 6.55. The minimum absolute atomic E-state index is 0.174. The lowest BCUT2D eigenvalue weighted by Gasteiger charge is -2.26. The van der Waals surface area contributed by atoms with Crippen LogP contribution >= 0.6 is 11.8 Å². The Hall–Kier alpha value is -2.68. The zero-order valence-corrected chi connectivity index (χ0v) is 17.7. The van der Waals surface area contributed by atoms with Crippen molar-refractivity contribution in [1.29, 1.82) is 0 Å². The molecule has 4 rings (SSSR count). The predicted molar refractivity (Wildman–Crippen MR) is 114 cm³/mol. The van der Waals surface area contributed by atoms with Crippen LogP contribution in [-0.2, 0) is 14.4 Å². The number of likely N-dealkylation sites (tertiary alicyclic amines) is 1. The summed E-state index contributed by atoms with van der Waals surface area (Å²) in [6, 6.07) is 6.41. The average Bonchev–Trinajstić information content (AvgIpc) is 3.38. The summed E-state index contributed by atoms with van der Waals surface area (Å²) < 4.78 is 1.62. The number of rotatable bonds is 7. The van der Waals surface area contributed by atoms with Crippen LogP contribution in [0.4, 0.5) is 5.69 Å². The normalized spacial score (nSPS) is 22.1. The summed E-state index contributed by atoms with van der Waals surface area (Å²) in [7, 11) is 0. The third-order valence-electron chi connectivity index (χ3n) is 5.90. The van der Waals surface area contributed by atoms with Crippen LogP contribution in [0.2, 0.25) is 0 Å². The second kappa shape index (κ2) is 8.99. The van der Waals surface area contributed by atoms with E-state index in [-0.39, 0.29) is 29.6 Å². The number of benzene rings is 1. The molecule has 9 heteroatoms. The number of fused-ring (bicyclic) bond motifs is 1. The predicted octanol–water partition coefficient (Wildman–Crippen LogP) is 2.50. The van der Waals surface area contributed by atoms with Gasteiger partial charge in [0.05, 0.1) is 17.5 Å². The van der Waals surface area contributed by atoms with Gasteiger partial charge in [-0.3, -0.25) is 19.3 Å². The standard InChI is InChI=1S/C21H25N5O3S/c1-30-11-10-18(26-20(28)16-4-2-3-5-17(16)21(26)29)19(27)24-14-6-8-15(9-7-14)25-13-22-12-23-25/h6-9,12-13,16-18H,2-5,10-11H2,1H3,(H,24,27). The molecule has 2 aromatic rings. The summed E-state index contributed by atoms with van der Waals surface area (Å²) >= 11 is 1.60. The first kappa shape index (κ1) is 20.6. The molecule has 1 saturated carbocycles. The molecule has 1 aliphatic carbocycles. The van der Waals surface area contributed by atoms with Gasteiger partial charge in [-0.05, 0) is 55.5 Å². The number of hydrogen-bond acceptors (Lipinski definition) is 6. The molecule has 30 heavy (non-hydrogen) atoms. The smallest absolute Gasteiger partial charge is 0.247 e. The van der Waals surface area contributed by atoms with E-state index in [1.165, 1.54) is 11.2 Å². The molecule has 3 unspecified atom stereocenters. The average molecular weight is 428 g/mol. The second-order valence-electron chi connectivity index (χ2n) is 7.72. The van der Waals surface area contributed by atoms with Crippen molar-refractivity contribution in [2.24, 2.45) is 11.8 Å². The van der Waals surface area contributed by atoms with Gasteiger partial charge in [0.15, 0.2) is 0 Å². The summed E-state index contributed by atoms with van der Waals surface area (Å²) in [6.45, 7) is 0. The molecular formula is C21H25N5O3S. The van der Waals surface area contributed by atoms with Crippen LogP contribution in [0.3, 0.4) is 0 Å². The van der Waals surface area contributed by atoms with Gasteiger partial charge < -0.3 is 5.32 Å². The Morgan fingerprint density at radius 1 is 1.17 bits per heavy atom. The van der Waals surface area contributed by atoms with E-state index in [2.05, 4.69) is 15.4 Å². The SMILES string of the molecule is CSCCC(C(=O)Nc1ccc(-n2cncn2)cc1)N1C(=O)C2CCCCC2C1=O. The number of carbonyl (C=O) groups is 3. The number of amides is 3. The van der Waals surface area contributed by atoms with Crippen molar-refractivity contribution in [3.63, 3.8) is 0 Å². The minimum Gasteiger partial charge on any atom is -0.324 e. The Morgan fingerprint density at radius 2 is 1.83 bits per heavy atom. The van der Waals surface area contributed by atoms with Gasteiger partial charge in [-0.2, -0.15) is 16.9 Å². The van der Waals surface area contributed by atoms with E-state index in [1.807, 2.05) is 18.4 Å². The number of nitrogens with zero attached hydrogens (tertiary/aromatic N) is 4. The Kier molecular flexibility index (Phi) is 6.17. The molecule has 1 aromatic carbocycles. The molecule has 0 spiro atoms. The van der Waals surface area contributed by atoms with Crippen molar-refractivity contribution in [2.75, 3.05) is 17.3 Å². The maximum absolute atomic E-state index is 13.1. The molecule has 1 aromatic heterocycles. The number of hydrogen-bond donors (Lipinski definition) is 1. The van der Waals surface area contributed by atoms with Crippen LogP contribution in [0.5, 0.6) is 0 Å². The van der Waals surface area contributed by atoms with Gasteiger partial charge in [0.25, 0.3) is 0 Å². The van der Waals surface area contributed by atoms with Crippen molar-refractivity contribution >= 4 is 35.2 Å². The lowest BCUT2D eigenvalue weighted by molar-refractivity contribution is -0.146. The van der Waals surface area contributed by atoms with Gasteiger partial charge in [-0.1, -0.05) is 12.8 Å². The van der Waals surface area contributed by atoms with Gasteiger partial charge in [0.1, 0.15) is 18.7 Å². The Labute approximate surface area is 179 Å². The van der Waals surface area contributed by atoms with Crippen LogP contribution in [-0.4, -0.2) is 55.4 Å². The lowest BCUT2D eigenvalue weighted by atomic mass is 9.81. The van der Waals surface area contributed by atoms with Gasteiger partial charge >= 0.3 is 0 Å². The third kappa shape index (κ3) is 3.98. The van der Waals surface area contributed by atoms with Crippen LogP contribution in [0, 0.1) is 11.8 Å². The van der Waals surface area contributed by atoms with E-state index in [0.717, 1.165) is 31.4 Å². The number of imide groups is 1. The van der Waals surface area contributed by atoms with Crippen LogP contribution < -0.4 is 5.32 Å². The van der Waals surface area contributed by atoms with Crippen LogP contribution in [0.25, 0.3) is 5.69 Å². The summed E-state index contributed by atoms with van der Waals surface area (Å²) in [6.07, 6.45) is 8.86. The van der Waals surface area contributed by atoms with Crippen molar-refractivity contribution in [2.45, 2.75) is 38.1 Å². The van der Waals surface area contributed by atoms with E-state index >= 15 is 0 Å². The molecule has 1 saturated heterocycles. The topological polar surface area (TPSA) is 97.2 Å². The highest BCUT2D eigenvalue weighted by atomic mass is 32.2. The maximum atomic E-state index is 13.1. The summed E-state index contributed by atoms with van der Waals surface area (Å²) in [5, 5.41) is 6.96. The van der Waals surface area contributed by atoms with Crippen molar-refractivity contribution in [3.8, 4) is 5.69 Å². The van der Waals surface area contributed by atoms with Gasteiger partial charge in [0.2, 0.25) is 17.7 Å². The Bertz CT molecular complexity index is 891. The Balaban J connectivity index is 1.51. The molecule has 3 atom stereocenters. The van der Waals surface area contributed by atoms with Gasteiger partial charge in [0, 0.05) is 5.69 Å². The molecule has 1 N–H and O–H groups in total. The number of carbonyl (C=O) groups excluding carboxylic acids is 3. The van der Waals surface area contributed by atoms with E-state index < -0.39 is 6.04 Å². The molecule has 2 fully saturated rings. The summed E-state index contributed by atoms with van der Waals surface area (Å²) in [5.41, 5.74) is 1.42. The van der Waals surface area contributed by atoms with E-state index in [0.29, 0.717) is 17.9 Å². The Morgan fingerprint density at radius 3 is 2.40 bits per heavy atom. The van der Waals surface area contributed by atoms with Crippen LogP contribution in [0.15, 0.2) is 36.9 Å². The largest absolute Gasteiger partial charge is 0.324 e. The first-order valence-electron chi connectivity index (χ1n) is 10.2. The maximum Gasteiger partial charge on any atom is 0.247 e. The lowest BCUT2D eigenvalue weighted by Crippen LogP contribution is -2.48. The zero-order chi connectivity index (χ0) is 21.1.